The van der Waals surface area contributed by atoms with E-state index in [2.05, 4.69) is 11.1 Å². The molecule has 1 atom stereocenters. The van der Waals surface area contributed by atoms with E-state index in [4.69, 9.17) is 11.6 Å². The number of aromatic nitrogens is 1. The first kappa shape index (κ1) is 20.3. The summed E-state index contributed by atoms with van der Waals surface area (Å²) in [6.45, 7) is 3.97. The third-order valence-electron chi connectivity index (χ3n) is 5.47. The van der Waals surface area contributed by atoms with Crippen molar-refractivity contribution in [3.05, 3.63) is 76.2 Å². The second-order valence-corrected chi connectivity index (χ2v) is 7.81. The number of nitrogens with zero attached hydrogens (tertiary/aromatic N) is 4. The van der Waals surface area contributed by atoms with E-state index >= 15 is 0 Å². The number of nitriles is 1. The van der Waals surface area contributed by atoms with Gasteiger partial charge in [0.15, 0.2) is 0 Å². The Morgan fingerprint density at radius 1 is 1.13 bits per heavy atom. The maximum atomic E-state index is 13.2. The second-order valence-electron chi connectivity index (χ2n) is 7.37. The van der Waals surface area contributed by atoms with Crippen LogP contribution in [-0.2, 0) is 0 Å². The lowest BCUT2D eigenvalue weighted by Gasteiger charge is -2.37. The summed E-state index contributed by atoms with van der Waals surface area (Å²) < 4.78 is 13.2. The molecule has 0 radical (unpaired) electrons. The molecular formula is C23H20ClFN4O. The van der Waals surface area contributed by atoms with E-state index in [1.807, 2.05) is 24.0 Å². The minimum absolute atomic E-state index is 0.0724. The average molecular weight is 423 g/mol. The lowest BCUT2D eigenvalue weighted by Crippen LogP contribution is -2.49. The Bertz CT molecular complexity index is 1130. The van der Waals surface area contributed by atoms with Gasteiger partial charge in [-0.3, -0.25) is 14.7 Å². The van der Waals surface area contributed by atoms with E-state index in [-0.39, 0.29) is 11.7 Å². The summed E-state index contributed by atoms with van der Waals surface area (Å²) in [4.78, 5) is 21.5. The highest BCUT2D eigenvalue weighted by Gasteiger charge is 2.28. The maximum Gasteiger partial charge on any atom is 0.255 e. The summed E-state index contributed by atoms with van der Waals surface area (Å²) >= 11 is 6.08. The fraction of sp³-hybridized carbons (Fsp3) is 0.261. The minimum atomic E-state index is -0.464. The molecule has 30 heavy (non-hydrogen) atoms. The molecule has 1 aromatic heterocycles. The van der Waals surface area contributed by atoms with Gasteiger partial charge in [0.1, 0.15) is 11.9 Å². The van der Waals surface area contributed by atoms with Gasteiger partial charge in [-0.15, -0.1) is 0 Å². The van der Waals surface area contributed by atoms with Crippen LogP contribution in [0.25, 0.3) is 10.9 Å². The number of carbonyl (C=O) groups excluding carboxylic acids is 1. The first-order chi connectivity index (χ1) is 14.5. The predicted molar refractivity (Wildman–Crippen MR) is 114 cm³/mol. The molecule has 0 saturated carbocycles. The third-order valence-corrected chi connectivity index (χ3v) is 5.71. The number of hydrogen-bond acceptors (Lipinski definition) is 4. The van der Waals surface area contributed by atoms with Crippen LogP contribution in [0.4, 0.5) is 4.39 Å². The molecule has 1 aliphatic rings. The Labute approximate surface area is 179 Å². The van der Waals surface area contributed by atoms with Crippen molar-refractivity contribution in [2.75, 3.05) is 26.2 Å². The zero-order chi connectivity index (χ0) is 21.3. The van der Waals surface area contributed by atoms with E-state index in [0.29, 0.717) is 42.5 Å². The fourth-order valence-corrected chi connectivity index (χ4v) is 4.01. The molecule has 1 fully saturated rings. The Balaban J connectivity index is 1.49. The molecule has 0 spiro atoms. The number of fused-ring (bicyclic) bond motifs is 1. The second kappa shape index (κ2) is 8.39. The number of amides is 1. The van der Waals surface area contributed by atoms with Crippen molar-refractivity contribution in [3.63, 3.8) is 0 Å². The lowest BCUT2D eigenvalue weighted by molar-refractivity contribution is 0.0605. The van der Waals surface area contributed by atoms with Gasteiger partial charge in [0, 0.05) is 36.6 Å². The van der Waals surface area contributed by atoms with Crippen LogP contribution in [0.15, 0.2) is 48.5 Å². The smallest absolute Gasteiger partial charge is 0.255 e. The molecule has 0 unspecified atom stereocenters. The average Bonchev–Trinajstić information content (AvgIpc) is 2.75. The van der Waals surface area contributed by atoms with Crippen molar-refractivity contribution < 1.29 is 9.18 Å². The third kappa shape index (κ3) is 4.00. The van der Waals surface area contributed by atoms with Crippen LogP contribution in [0.3, 0.4) is 0 Å². The summed E-state index contributed by atoms with van der Waals surface area (Å²) in [5, 5.41) is 11.1. The summed E-state index contributed by atoms with van der Waals surface area (Å²) in [6, 6.07) is 15.1. The van der Waals surface area contributed by atoms with Gasteiger partial charge in [0.2, 0.25) is 0 Å². The molecule has 152 valence electrons. The van der Waals surface area contributed by atoms with Gasteiger partial charge < -0.3 is 4.90 Å². The zero-order valence-corrected chi connectivity index (χ0v) is 17.2. The van der Waals surface area contributed by atoms with Gasteiger partial charge >= 0.3 is 0 Å². The Morgan fingerprint density at radius 3 is 2.50 bits per heavy atom. The van der Waals surface area contributed by atoms with Crippen molar-refractivity contribution in [2.45, 2.75) is 13.0 Å². The number of pyridine rings is 1. The molecular weight excluding hydrogens is 403 g/mol. The number of halogens is 2. The van der Waals surface area contributed by atoms with Crippen molar-refractivity contribution in [1.82, 2.24) is 14.8 Å². The largest absolute Gasteiger partial charge is 0.336 e. The van der Waals surface area contributed by atoms with Crippen LogP contribution in [0, 0.1) is 24.1 Å². The number of hydrogen-bond donors (Lipinski definition) is 0. The normalized spacial score (nSPS) is 15.7. The Kier molecular flexibility index (Phi) is 5.67. The van der Waals surface area contributed by atoms with Gasteiger partial charge in [-0.1, -0.05) is 23.7 Å². The number of carbonyl (C=O) groups is 1. The van der Waals surface area contributed by atoms with E-state index in [0.717, 1.165) is 16.5 Å². The van der Waals surface area contributed by atoms with Crippen LogP contribution in [0.2, 0.25) is 5.02 Å². The highest BCUT2D eigenvalue weighted by atomic mass is 35.5. The monoisotopic (exact) mass is 422 g/mol. The quantitative estimate of drug-likeness (QED) is 0.629. The first-order valence-electron chi connectivity index (χ1n) is 9.71. The molecule has 0 N–H and O–H groups in total. The van der Waals surface area contributed by atoms with E-state index in [1.54, 1.807) is 29.2 Å². The summed E-state index contributed by atoms with van der Waals surface area (Å²) in [5.74, 6) is -0.400. The summed E-state index contributed by atoms with van der Waals surface area (Å²) in [5.41, 5.74) is 2.80. The highest BCUT2D eigenvalue weighted by Crippen LogP contribution is 2.24. The number of piperazine rings is 1. The first-order valence-corrected chi connectivity index (χ1v) is 10.1. The highest BCUT2D eigenvalue weighted by molar-refractivity contribution is 6.31. The SMILES string of the molecule is Cc1nc2ccc(Cl)cc2cc1C(=O)N1CCN([C@H](C#N)c2ccc(F)cc2)CC1. The van der Waals surface area contributed by atoms with E-state index < -0.39 is 6.04 Å². The van der Waals surface area contributed by atoms with Crippen LogP contribution in [-0.4, -0.2) is 46.9 Å². The van der Waals surface area contributed by atoms with Crippen LogP contribution >= 0.6 is 11.6 Å². The van der Waals surface area contributed by atoms with Gasteiger partial charge in [0.05, 0.1) is 22.8 Å². The van der Waals surface area contributed by atoms with Gasteiger partial charge in [-0.25, -0.2) is 4.39 Å². The minimum Gasteiger partial charge on any atom is -0.336 e. The molecule has 2 heterocycles. The zero-order valence-electron chi connectivity index (χ0n) is 16.5. The number of rotatable bonds is 3. The van der Waals surface area contributed by atoms with Crippen molar-refractivity contribution >= 4 is 28.4 Å². The summed E-state index contributed by atoms with van der Waals surface area (Å²) in [6.07, 6.45) is 0. The van der Waals surface area contributed by atoms with Crippen molar-refractivity contribution in [1.29, 1.82) is 5.26 Å². The van der Waals surface area contributed by atoms with Crippen LogP contribution < -0.4 is 0 Å². The molecule has 4 rings (SSSR count). The Hall–Kier alpha value is -3.01. The molecule has 0 aliphatic carbocycles. The predicted octanol–water partition coefficient (Wildman–Crippen LogP) is 4.36. The molecule has 3 aromatic rings. The number of aryl methyl sites for hydroxylation is 1. The van der Waals surface area contributed by atoms with Gasteiger partial charge in [-0.05, 0) is 48.9 Å². The molecule has 7 heteroatoms. The van der Waals surface area contributed by atoms with Gasteiger partial charge in [0.25, 0.3) is 5.91 Å². The lowest BCUT2D eigenvalue weighted by atomic mass is 10.0. The van der Waals surface area contributed by atoms with Crippen LogP contribution in [0.5, 0.6) is 0 Å². The molecule has 1 amide bonds. The molecule has 1 saturated heterocycles. The fourth-order valence-electron chi connectivity index (χ4n) is 3.83. The summed E-state index contributed by atoms with van der Waals surface area (Å²) in [7, 11) is 0. The maximum absolute atomic E-state index is 13.2. The number of benzene rings is 2. The van der Waals surface area contributed by atoms with E-state index in [9.17, 15) is 14.4 Å². The molecule has 5 nitrogen and oxygen atoms in total. The molecule has 0 bridgehead atoms. The van der Waals surface area contributed by atoms with Crippen molar-refractivity contribution in [3.8, 4) is 6.07 Å². The molecule has 2 aromatic carbocycles. The van der Waals surface area contributed by atoms with Crippen LogP contribution in [0.1, 0.15) is 27.7 Å². The Morgan fingerprint density at radius 2 is 1.83 bits per heavy atom. The van der Waals surface area contributed by atoms with E-state index in [1.165, 1.54) is 12.1 Å². The molecule has 1 aliphatic heterocycles. The van der Waals surface area contributed by atoms with Crippen molar-refractivity contribution in [2.24, 2.45) is 0 Å². The van der Waals surface area contributed by atoms with Gasteiger partial charge in [-0.2, -0.15) is 5.26 Å². The topological polar surface area (TPSA) is 60.2 Å². The standard InChI is InChI=1S/C23H20ClFN4O/c1-15-20(13-17-12-18(24)4-7-21(17)27-15)23(30)29-10-8-28(9-11-29)22(14-26)16-2-5-19(25)6-3-16/h2-7,12-13,22H,8-11H2,1H3/t22-/m1/s1.